The Morgan fingerprint density at radius 3 is 2.79 bits per heavy atom. The average molecular weight is 277 g/mol. The summed E-state index contributed by atoms with van der Waals surface area (Å²) in [5.41, 5.74) is 12.0. The maximum atomic E-state index is 13.7. The molecule has 0 aliphatic rings. The van der Waals surface area contributed by atoms with E-state index in [-0.39, 0.29) is 5.56 Å². The van der Waals surface area contributed by atoms with E-state index in [1.165, 1.54) is 17.8 Å². The van der Waals surface area contributed by atoms with Crippen LogP contribution in [0.1, 0.15) is 15.9 Å². The van der Waals surface area contributed by atoms with Crippen LogP contribution in [0.3, 0.4) is 0 Å². The van der Waals surface area contributed by atoms with Gasteiger partial charge in [0.1, 0.15) is 5.82 Å². The van der Waals surface area contributed by atoms with Crippen molar-refractivity contribution in [2.24, 2.45) is 5.73 Å². The van der Waals surface area contributed by atoms with Gasteiger partial charge in [-0.2, -0.15) is 0 Å². The van der Waals surface area contributed by atoms with Gasteiger partial charge < -0.3 is 11.5 Å². The summed E-state index contributed by atoms with van der Waals surface area (Å²) in [5, 5.41) is 0. The fourth-order valence-corrected chi connectivity index (χ4v) is 2.42. The van der Waals surface area contributed by atoms with Crippen molar-refractivity contribution in [2.45, 2.75) is 10.6 Å². The van der Waals surface area contributed by atoms with E-state index in [2.05, 4.69) is 4.98 Å². The minimum Gasteiger partial charge on any atom is -0.397 e. The maximum absolute atomic E-state index is 13.7. The Labute approximate surface area is 114 Å². The molecule has 0 atom stereocenters. The molecule has 1 heterocycles. The van der Waals surface area contributed by atoms with Gasteiger partial charge in [0.15, 0.2) is 0 Å². The molecule has 0 saturated carbocycles. The second-order valence-electron chi connectivity index (χ2n) is 3.87. The number of benzene rings is 1. The van der Waals surface area contributed by atoms with Crippen molar-refractivity contribution in [3.63, 3.8) is 0 Å². The normalized spacial score (nSPS) is 10.4. The number of carbonyl (C=O) groups is 1. The lowest BCUT2D eigenvalue weighted by Crippen LogP contribution is -2.11. The molecule has 0 saturated heterocycles. The first kappa shape index (κ1) is 13.4. The van der Waals surface area contributed by atoms with Crippen molar-refractivity contribution >= 4 is 23.4 Å². The highest BCUT2D eigenvalue weighted by Gasteiger charge is 2.08. The molecule has 0 aliphatic heterocycles. The Morgan fingerprint density at radius 1 is 1.37 bits per heavy atom. The van der Waals surface area contributed by atoms with Crippen LogP contribution in [0.15, 0.2) is 41.6 Å². The molecular formula is C13H12FN3OS. The number of carbonyl (C=O) groups excluding carboxylic acids is 1. The highest BCUT2D eigenvalue weighted by Crippen LogP contribution is 2.28. The van der Waals surface area contributed by atoms with Crippen LogP contribution in [0.5, 0.6) is 0 Å². The number of rotatable bonds is 4. The summed E-state index contributed by atoms with van der Waals surface area (Å²) in [7, 11) is 0. The van der Waals surface area contributed by atoms with E-state index >= 15 is 0 Å². The summed E-state index contributed by atoms with van der Waals surface area (Å²) >= 11 is 1.41. The Kier molecular flexibility index (Phi) is 4.01. The van der Waals surface area contributed by atoms with Gasteiger partial charge in [-0.25, -0.2) is 4.39 Å². The van der Waals surface area contributed by atoms with Crippen molar-refractivity contribution in [3.8, 4) is 0 Å². The molecule has 19 heavy (non-hydrogen) atoms. The first-order valence-corrected chi connectivity index (χ1v) is 6.47. The largest absolute Gasteiger partial charge is 0.397 e. The first-order valence-electron chi connectivity index (χ1n) is 5.48. The van der Waals surface area contributed by atoms with Crippen LogP contribution < -0.4 is 11.5 Å². The van der Waals surface area contributed by atoms with Gasteiger partial charge >= 0.3 is 0 Å². The number of pyridine rings is 1. The Balaban J connectivity index is 2.12. The number of nitrogens with zero attached hydrogens (tertiary/aromatic N) is 1. The quantitative estimate of drug-likeness (QED) is 0.839. The molecule has 1 aromatic heterocycles. The van der Waals surface area contributed by atoms with E-state index in [4.69, 9.17) is 11.5 Å². The van der Waals surface area contributed by atoms with Crippen LogP contribution >= 0.6 is 11.8 Å². The summed E-state index contributed by atoms with van der Waals surface area (Å²) in [6.45, 7) is 0. The van der Waals surface area contributed by atoms with Crippen molar-refractivity contribution in [1.29, 1.82) is 0 Å². The Morgan fingerprint density at radius 2 is 2.16 bits per heavy atom. The van der Waals surface area contributed by atoms with Crippen molar-refractivity contribution in [1.82, 2.24) is 4.98 Å². The Bertz CT molecular complexity index is 619. The van der Waals surface area contributed by atoms with Crippen molar-refractivity contribution < 1.29 is 9.18 Å². The predicted molar refractivity (Wildman–Crippen MR) is 73.1 cm³/mol. The van der Waals surface area contributed by atoms with E-state index in [0.717, 1.165) is 11.0 Å². The second kappa shape index (κ2) is 5.71. The molecule has 0 fully saturated rings. The summed E-state index contributed by atoms with van der Waals surface area (Å²) in [6, 6.07) is 5.99. The van der Waals surface area contributed by atoms with Crippen molar-refractivity contribution in [2.75, 3.05) is 5.73 Å². The van der Waals surface area contributed by atoms with Gasteiger partial charge in [-0.15, -0.1) is 11.8 Å². The van der Waals surface area contributed by atoms with E-state index < -0.39 is 11.7 Å². The Hall–Kier alpha value is -2.08. The first-order chi connectivity index (χ1) is 9.08. The molecule has 0 bridgehead atoms. The monoisotopic (exact) mass is 277 g/mol. The lowest BCUT2D eigenvalue weighted by Gasteiger charge is -2.06. The third-order valence-electron chi connectivity index (χ3n) is 2.53. The summed E-state index contributed by atoms with van der Waals surface area (Å²) in [5.74, 6) is -0.674. The number of halogens is 1. The fraction of sp³-hybridized carbons (Fsp3) is 0.0769. The number of nitrogen functional groups attached to an aromatic ring is 1. The van der Waals surface area contributed by atoms with Gasteiger partial charge in [0, 0.05) is 22.4 Å². The highest BCUT2D eigenvalue weighted by atomic mass is 32.2. The van der Waals surface area contributed by atoms with E-state index in [0.29, 0.717) is 17.0 Å². The van der Waals surface area contributed by atoms with E-state index in [9.17, 15) is 9.18 Å². The molecule has 2 rings (SSSR count). The molecule has 1 amide bonds. The predicted octanol–water partition coefficient (Wildman–Crippen LogP) is 2.19. The lowest BCUT2D eigenvalue weighted by molar-refractivity contribution is 0.1000. The van der Waals surface area contributed by atoms with Gasteiger partial charge in [-0.05, 0) is 23.8 Å². The zero-order valence-corrected chi connectivity index (χ0v) is 10.8. The van der Waals surface area contributed by atoms with E-state index in [1.54, 1.807) is 24.5 Å². The van der Waals surface area contributed by atoms with Gasteiger partial charge in [0.2, 0.25) is 5.91 Å². The summed E-state index contributed by atoms with van der Waals surface area (Å²) in [4.78, 5) is 15.6. The topological polar surface area (TPSA) is 82.0 Å². The van der Waals surface area contributed by atoms with Crippen LogP contribution in [0.25, 0.3) is 0 Å². The molecule has 0 spiro atoms. The second-order valence-corrected chi connectivity index (χ2v) is 4.89. The number of hydrogen-bond donors (Lipinski definition) is 2. The summed E-state index contributed by atoms with van der Waals surface area (Å²) in [6.07, 6.45) is 3.18. The number of nitrogens with two attached hydrogens (primary N) is 2. The molecule has 6 heteroatoms. The molecule has 4 nitrogen and oxygen atoms in total. The fourth-order valence-electron chi connectivity index (χ4n) is 1.50. The summed E-state index contributed by atoms with van der Waals surface area (Å²) < 4.78 is 13.7. The van der Waals surface area contributed by atoms with Crippen LogP contribution in [0.2, 0.25) is 0 Å². The highest BCUT2D eigenvalue weighted by molar-refractivity contribution is 7.98. The number of aromatic nitrogens is 1. The van der Waals surface area contributed by atoms with Gasteiger partial charge in [-0.1, -0.05) is 6.07 Å². The third-order valence-corrected chi connectivity index (χ3v) is 3.67. The number of thioether (sulfide) groups is 1. The number of amides is 1. The van der Waals surface area contributed by atoms with E-state index in [1.807, 2.05) is 0 Å². The van der Waals surface area contributed by atoms with Crippen LogP contribution in [-0.4, -0.2) is 10.9 Å². The smallest absolute Gasteiger partial charge is 0.248 e. The SMILES string of the molecule is NC(=O)c1ccc(CSc2ccncc2N)c(F)c1. The van der Waals surface area contributed by atoms with Gasteiger partial charge in [-0.3, -0.25) is 9.78 Å². The maximum Gasteiger partial charge on any atom is 0.248 e. The lowest BCUT2D eigenvalue weighted by atomic mass is 10.1. The van der Waals surface area contributed by atoms with Gasteiger partial charge in [0.05, 0.1) is 11.9 Å². The van der Waals surface area contributed by atoms with Crippen LogP contribution in [0, 0.1) is 5.82 Å². The number of anilines is 1. The standard InChI is InChI=1S/C13H12FN3OS/c14-10-5-8(13(16)18)1-2-9(10)7-19-12-3-4-17-6-11(12)15/h1-6H,7,15H2,(H2,16,18). The minimum absolute atomic E-state index is 0.162. The molecular weight excluding hydrogens is 265 g/mol. The third kappa shape index (κ3) is 3.23. The molecule has 0 unspecified atom stereocenters. The number of hydrogen-bond acceptors (Lipinski definition) is 4. The average Bonchev–Trinajstić information content (AvgIpc) is 2.39. The molecule has 1 aromatic carbocycles. The van der Waals surface area contributed by atoms with Crippen LogP contribution in [-0.2, 0) is 5.75 Å². The molecule has 2 aromatic rings. The molecule has 4 N–H and O–H groups in total. The zero-order valence-electron chi connectivity index (χ0n) is 9.97. The molecule has 0 aliphatic carbocycles. The molecule has 98 valence electrons. The van der Waals surface area contributed by atoms with Crippen LogP contribution in [0.4, 0.5) is 10.1 Å². The van der Waals surface area contributed by atoms with Crippen molar-refractivity contribution in [3.05, 3.63) is 53.6 Å². The number of primary amides is 1. The zero-order chi connectivity index (χ0) is 13.8. The van der Waals surface area contributed by atoms with Gasteiger partial charge in [0.25, 0.3) is 0 Å². The molecule has 0 radical (unpaired) electrons. The minimum atomic E-state index is -0.642.